The summed E-state index contributed by atoms with van der Waals surface area (Å²) in [5.41, 5.74) is 2.71. The Hall–Kier alpha value is -3.13. The summed E-state index contributed by atoms with van der Waals surface area (Å²) in [5.74, 6) is 0.191. The minimum atomic E-state index is -0.505. The van der Waals surface area contributed by atoms with Crippen LogP contribution in [0.3, 0.4) is 0 Å². The van der Waals surface area contributed by atoms with Crippen LogP contribution >= 0.6 is 0 Å². The van der Waals surface area contributed by atoms with E-state index in [9.17, 15) is 15.4 Å². The monoisotopic (exact) mass is 294 g/mol. The summed E-state index contributed by atoms with van der Waals surface area (Å²) in [4.78, 5) is 10.5. The van der Waals surface area contributed by atoms with Crippen LogP contribution in [0.1, 0.15) is 16.7 Å². The van der Waals surface area contributed by atoms with Crippen molar-refractivity contribution in [2.24, 2.45) is 0 Å². The number of nitro groups is 1. The van der Waals surface area contributed by atoms with Crippen molar-refractivity contribution >= 4 is 17.3 Å². The lowest BCUT2D eigenvalue weighted by molar-refractivity contribution is -0.385. The van der Waals surface area contributed by atoms with Crippen LogP contribution in [0.2, 0.25) is 0 Å². The lowest BCUT2D eigenvalue weighted by Gasteiger charge is -2.04. The minimum Gasteiger partial charge on any atom is -0.490 e. The average molecular weight is 294 g/mol. The number of nitriles is 1. The van der Waals surface area contributed by atoms with Crippen LogP contribution in [0, 0.1) is 28.4 Å². The molecule has 5 heteroatoms. The summed E-state index contributed by atoms with van der Waals surface area (Å²) in [7, 11) is 1.38. The summed E-state index contributed by atoms with van der Waals surface area (Å²) in [6, 6.07) is 14.3. The van der Waals surface area contributed by atoms with E-state index < -0.39 is 4.92 Å². The van der Waals surface area contributed by atoms with Gasteiger partial charge in [0.1, 0.15) is 0 Å². The topological polar surface area (TPSA) is 76.2 Å². The molecule has 2 aromatic carbocycles. The summed E-state index contributed by atoms with van der Waals surface area (Å²) < 4.78 is 4.97. The number of nitro benzene ring substituents is 1. The van der Waals surface area contributed by atoms with E-state index in [0.717, 1.165) is 11.1 Å². The maximum atomic E-state index is 11.0. The zero-order valence-corrected chi connectivity index (χ0v) is 12.2. The highest BCUT2D eigenvalue weighted by Crippen LogP contribution is 2.29. The number of nitrogens with zero attached hydrogens (tertiary/aromatic N) is 2. The number of ether oxygens (including phenoxy) is 1. The van der Waals surface area contributed by atoms with Gasteiger partial charge in [-0.3, -0.25) is 10.1 Å². The number of hydrogen-bond donors (Lipinski definition) is 0. The molecule has 0 heterocycles. The molecule has 5 nitrogen and oxygen atoms in total. The zero-order chi connectivity index (χ0) is 16.1. The Bertz CT molecular complexity index is 789. The second-order valence-electron chi connectivity index (χ2n) is 4.73. The number of hydrogen-bond acceptors (Lipinski definition) is 4. The van der Waals surface area contributed by atoms with Crippen molar-refractivity contribution in [3.63, 3.8) is 0 Å². The van der Waals surface area contributed by atoms with Gasteiger partial charge in [0.25, 0.3) is 0 Å². The number of aryl methyl sites for hydroxylation is 1. The Morgan fingerprint density at radius 3 is 2.68 bits per heavy atom. The molecule has 2 aromatic rings. The van der Waals surface area contributed by atoms with E-state index in [1.807, 2.05) is 31.2 Å². The molecule has 0 radical (unpaired) electrons. The molecule has 0 unspecified atom stereocenters. The standard InChI is InChI=1S/C17H14N2O3/c1-12-4-3-5-14(8-12)15(11-18)9-13-6-7-17(22-2)16(10-13)19(20)21/h3-10H,1-2H3. The molecule has 0 atom stereocenters. The first-order valence-electron chi connectivity index (χ1n) is 6.56. The smallest absolute Gasteiger partial charge is 0.311 e. The van der Waals surface area contributed by atoms with Crippen molar-refractivity contribution in [3.8, 4) is 11.8 Å². The van der Waals surface area contributed by atoms with Crippen LogP contribution in [0.4, 0.5) is 5.69 Å². The Morgan fingerprint density at radius 2 is 2.09 bits per heavy atom. The van der Waals surface area contributed by atoms with E-state index in [2.05, 4.69) is 6.07 Å². The summed E-state index contributed by atoms with van der Waals surface area (Å²) >= 11 is 0. The highest BCUT2D eigenvalue weighted by Gasteiger charge is 2.14. The Labute approximate surface area is 128 Å². The molecule has 0 saturated carbocycles. The molecule has 0 fully saturated rings. The van der Waals surface area contributed by atoms with E-state index in [-0.39, 0.29) is 11.4 Å². The molecule has 0 aliphatic rings. The molecular weight excluding hydrogens is 280 g/mol. The fourth-order valence-electron chi connectivity index (χ4n) is 2.10. The zero-order valence-electron chi connectivity index (χ0n) is 12.2. The molecular formula is C17H14N2O3. The minimum absolute atomic E-state index is 0.127. The molecule has 110 valence electrons. The van der Waals surface area contributed by atoms with E-state index in [4.69, 9.17) is 4.74 Å². The largest absolute Gasteiger partial charge is 0.490 e. The molecule has 0 spiro atoms. The van der Waals surface area contributed by atoms with Gasteiger partial charge in [-0.25, -0.2) is 0 Å². The lowest BCUT2D eigenvalue weighted by atomic mass is 10.0. The SMILES string of the molecule is COc1ccc(C=C(C#N)c2cccc(C)c2)cc1[N+](=O)[O-]. The number of allylic oxidation sites excluding steroid dienone is 1. The van der Waals surface area contributed by atoms with E-state index >= 15 is 0 Å². The third kappa shape index (κ3) is 3.30. The quantitative estimate of drug-likeness (QED) is 0.370. The predicted molar refractivity (Wildman–Crippen MR) is 84.3 cm³/mol. The van der Waals surface area contributed by atoms with Gasteiger partial charge >= 0.3 is 5.69 Å². The van der Waals surface area contributed by atoms with Crippen molar-refractivity contribution in [1.29, 1.82) is 5.26 Å². The Kier molecular flexibility index (Phi) is 4.54. The Balaban J connectivity index is 2.49. The molecule has 0 bridgehead atoms. The molecule has 0 saturated heterocycles. The molecule has 2 rings (SSSR count). The second-order valence-corrected chi connectivity index (χ2v) is 4.73. The lowest BCUT2D eigenvalue weighted by Crippen LogP contribution is -1.94. The number of methoxy groups -OCH3 is 1. The normalized spacial score (nSPS) is 10.9. The molecule has 0 aliphatic heterocycles. The maximum absolute atomic E-state index is 11.0. The molecule has 22 heavy (non-hydrogen) atoms. The van der Waals surface area contributed by atoms with Gasteiger partial charge in [-0.05, 0) is 30.2 Å². The van der Waals surface area contributed by atoms with Gasteiger partial charge in [0.15, 0.2) is 5.75 Å². The van der Waals surface area contributed by atoms with Crippen LogP contribution in [0.25, 0.3) is 11.6 Å². The van der Waals surface area contributed by atoms with Crippen molar-refractivity contribution in [2.45, 2.75) is 6.92 Å². The van der Waals surface area contributed by atoms with E-state index in [1.165, 1.54) is 19.2 Å². The number of rotatable bonds is 4. The van der Waals surface area contributed by atoms with Crippen LogP contribution in [0.15, 0.2) is 42.5 Å². The summed E-state index contributed by atoms with van der Waals surface area (Å²) in [6.45, 7) is 1.94. The van der Waals surface area contributed by atoms with Crippen LogP contribution in [0.5, 0.6) is 5.75 Å². The van der Waals surface area contributed by atoms with Gasteiger partial charge in [0.2, 0.25) is 0 Å². The van der Waals surface area contributed by atoms with Crippen LogP contribution in [-0.2, 0) is 0 Å². The summed E-state index contributed by atoms with van der Waals surface area (Å²) in [5, 5.41) is 20.4. The maximum Gasteiger partial charge on any atom is 0.311 e. The van der Waals surface area contributed by atoms with Gasteiger partial charge in [-0.15, -0.1) is 0 Å². The fraction of sp³-hybridized carbons (Fsp3) is 0.118. The molecule has 0 amide bonds. The van der Waals surface area contributed by atoms with Crippen LogP contribution in [-0.4, -0.2) is 12.0 Å². The fourth-order valence-corrected chi connectivity index (χ4v) is 2.10. The van der Waals surface area contributed by atoms with Gasteiger partial charge in [-0.2, -0.15) is 5.26 Å². The van der Waals surface area contributed by atoms with E-state index in [1.54, 1.807) is 12.1 Å². The molecule has 0 aliphatic carbocycles. The highest BCUT2D eigenvalue weighted by molar-refractivity contribution is 5.90. The first kappa shape index (κ1) is 15.3. The van der Waals surface area contributed by atoms with Crippen LogP contribution < -0.4 is 4.74 Å². The average Bonchev–Trinajstić information content (AvgIpc) is 2.52. The number of benzene rings is 2. The van der Waals surface area contributed by atoms with Gasteiger partial charge in [0.05, 0.1) is 23.7 Å². The van der Waals surface area contributed by atoms with E-state index in [0.29, 0.717) is 11.1 Å². The first-order chi connectivity index (χ1) is 10.5. The Morgan fingerprint density at radius 1 is 1.32 bits per heavy atom. The van der Waals surface area contributed by atoms with Gasteiger partial charge in [0, 0.05) is 6.07 Å². The predicted octanol–water partition coefficient (Wildman–Crippen LogP) is 3.98. The summed E-state index contributed by atoms with van der Waals surface area (Å²) in [6.07, 6.45) is 1.63. The van der Waals surface area contributed by atoms with Crippen molar-refractivity contribution in [2.75, 3.05) is 7.11 Å². The first-order valence-corrected chi connectivity index (χ1v) is 6.56. The van der Waals surface area contributed by atoms with Crippen molar-refractivity contribution < 1.29 is 9.66 Å². The van der Waals surface area contributed by atoms with Gasteiger partial charge < -0.3 is 4.74 Å². The third-order valence-corrected chi connectivity index (χ3v) is 3.16. The molecule has 0 N–H and O–H groups in total. The highest BCUT2D eigenvalue weighted by atomic mass is 16.6. The van der Waals surface area contributed by atoms with Crippen molar-refractivity contribution in [3.05, 3.63) is 69.3 Å². The van der Waals surface area contributed by atoms with Crippen molar-refractivity contribution in [1.82, 2.24) is 0 Å². The third-order valence-electron chi connectivity index (χ3n) is 3.16. The molecule has 0 aromatic heterocycles. The second kappa shape index (κ2) is 6.55. The van der Waals surface area contributed by atoms with Gasteiger partial charge in [-0.1, -0.05) is 35.9 Å².